The molecule has 0 saturated carbocycles. The first kappa shape index (κ1) is 4.81. The molecule has 1 rings (SSSR count). The Bertz CT molecular complexity index is 123. The third-order valence-electron chi connectivity index (χ3n) is 0.666. The average Bonchev–Trinajstić information content (AvgIpc) is 2.14. The van der Waals surface area contributed by atoms with E-state index in [2.05, 4.69) is 6.07 Å². The van der Waals surface area contributed by atoms with Crippen LogP contribution in [0, 0.1) is 6.07 Å². The van der Waals surface area contributed by atoms with E-state index < -0.39 is 0 Å². The topological polar surface area (TPSA) is 20.2 Å². The molecule has 1 heterocycles. The number of rotatable bonds is 1. The molecule has 0 aliphatic carbocycles. The van der Waals surface area contributed by atoms with Gasteiger partial charge in [0.15, 0.2) is 0 Å². The molecule has 37 valence electrons. The van der Waals surface area contributed by atoms with Crippen molar-refractivity contribution < 1.29 is 5.11 Å². The van der Waals surface area contributed by atoms with Gasteiger partial charge in [-0.3, -0.25) is 0 Å². The van der Waals surface area contributed by atoms with Crippen LogP contribution in [0.15, 0.2) is 11.4 Å². The van der Waals surface area contributed by atoms with Gasteiger partial charge in [0.25, 0.3) is 0 Å². The predicted molar refractivity (Wildman–Crippen MR) is 29.1 cm³/mol. The minimum absolute atomic E-state index is 0.123. The van der Waals surface area contributed by atoms with E-state index in [9.17, 15) is 0 Å². The fraction of sp³-hybridized carbons (Fsp3) is 0.200. The Morgan fingerprint density at radius 2 is 2.71 bits per heavy atom. The molecule has 0 aromatic carbocycles. The van der Waals surface area contributed by atoms with Gasteiger partial charge in [-0.25, -0.2) is 0 Å². The second-order valence-corrected chi connectivity index (χ2v) is 2.15. The number of aliphatic hydroxyl groups excluding tert-OH is 1. The quantitative estimate of drug-likeness (QED) is 0.577. The van der Waals surface area contributed by atoms with Crippen LogP contribution in [-0.2, 0) is 6.61 Å². The molecule has 0 bridgehead atoms. The van der Waals surface area contributed by atoms with Gasteiger partial charge < -0.3 is 5.11 Å². The highest BCUT2D eigenvalue weighted by atomic mass is 32.1. The van der Waals surface area contributed by atoms with Crippen molar-refractivity contribution in [1.82, 2.24) is 0 Å². The van der Waals surface area contributed by atoms with Crippen LogP contribution >= 0.6 is 11.3 Å². The highest BCUT2D eigenvalue weighted by Crippen LogP contribution is 2.05. The summed E-state index contributed by atoms with van der Waals surface area (Å²) in [6, 6.07) is 4.66. The van der Waals surface area contributed by atoms with Gasteiger partial charge in [-0.15, -0.1) is 11.3 Å². The van der Waals surface area contributed by atoms with E-state index in [0.717, 1.165) is 4.88 Å². The highest BCUT2D eigenvalue weighted by Gasteiger charge is 1.84. The molecule has 1 N–H and O–H groups in total. The second-order valence-electron chi connectivity index (χ2n) is 1.15. The molecule has 0 aliphatic rings. The summed E-state index contributed by atoms with van der Waals surface area (Å²) in [4.78, 5) is 0.903. The standard InChI is InChI=1S/C5H5OS/c6-4-5-2-1-3-7-5/h1,3,6H,4H2. The van der Waals surface area contributed by atoms with Gasteiger partial charge in [0.05, 0.1) is 6.61 Å². The maximum absolute atomic E-state index is 8.41. The number of hydrogen-bond acceptors (Lipinski definition) is 2. The molecule has 2 heteroatoms. The summed E-state index contributed by atoms with van der Waals surface area (Å²) >= 11 is 1.52. The SMILES string of the molecule is OCc1[c]ccs1. The number of aliphatic hydroxyl groups is 1. The zero-order valence-corrected chi connectivity index (χ0v) is 4.53. The molecule has 1 nitrogen and oxygen atoms in total. The second kappa shape index (κ2) is 2.09. The van der Waals surface area contributed by atoms with Crippen LogP contribution in [0.3, 0.4) is 0 Å². The first-order valence-electron chi connectivity index (χ1n) is 1.98. The van der Waals surface area contributed by atoms with E-state index in [1.165, 1.54) is 11.3 Å². The lowest BCUT2D eigenvalue weighted by Crippen LogP contribution is -1.70. The summed E-state index contributed by atoms with van der Waals surface area (Å²) < 4.78 is 0. The molecular weight excluding hydrogens is 108 g/mol. The van der Waals surface area contributed by atoms with Gasteiger partial charge in [-0.2, -0.15) is 0 Å². The van der Waals surface area contributed by atoms with Crippen LogP contribution in [0.25, 0.3) is 0 Å². The van der Waals surface area contributed by atoms with Crippen LogP contribution in [0.4, 0.5) is 0 Å². The Kier molecular flexibility index (Phi) is 1.44. The molecule has 0 atom stereocenters. The largest absolute Gasteiger partial charge is 0.391 e. The molecule has 0 fully saturated rings. The fourth-order valence-corrected chi connectivity index (χ4v) is 0.871. The summed E-state index contributed by atoms with van der Waals surface area (Å²) in [5.41, 5.74) is 0. The molecule has 0 saturated heterocycles. The Morgan fingerprint density at radius 3 is 3.00 bits per heavy atom. The van der Waals surface area contributed by atoms with Gasteiger partial charge in [0.1, 0.15) is 0 Å². The molecule has 0 aliphatic heterocycles. The van der Waals surface area contributed by atoms with Crippen molar-refractivity contribution >= 4 is 11.3 Å². The maximum atomic E-state index is 8.41. The van der Waals surface area contributed by atoms with E-state index in [-0.39, 0.29) is 6.61 Å². The molecular formula is C5H5OS. The fourth-order valence-electron chi connectivity index (χ4n) is 0.360. The Labute approximate surface area is 46.2 Å². The molecule has 1 radical (unpaired) electrons. The van der Waals surface area contributed by atoms with Crippen LogP contribution < -0.4 is 0 Å². The highest BCUT2D eigenvalue weighted by molar-refractivity contribution is 7.09. The number of hydrogen-bond donors (Lipinski definition) is 1. The van der Waals surface area contributed by atoms with Crippen molar-refractivity contribution in [3.8, 4) is 0 Å². The maximum Gasteiger partial charge on any atom is 0.0780 e. The summed E-state index contributed by atoms with van der Waals surface area (Å²) in [5, 5.41) is 10.3. The van der Waals surface area contributed by atoms with E-state index in [1.807, 2.05) is 5.38 Å². The lowest BCUT2D eigenvalue weighted by Gasteiger charge is -1.77. The lowest BCUT2D eigenvalue weighted by molar-refractivity contribution is 0.285. The molecule has 7 heavy (non-hydrogen) atoms. The van der Waals surface area contributed by atoms with Crippen molar-refractivity contribution in [2.24, 2.45) is 0 Å². The zero-order valence-electron chi connectivity index (χ0n) is 3.72. The molecule has 0 spiro atoms. The van der Waals surface area contributed by atoms with Crippen molar-refractivity contribution in [2.75, 3.05) is 0 Å². The van der Waals surface area contributed by atoms with Gasteiger partial charge in [0, 0.05) is 4.88 Å². The molecule has 0 amide bonds. The average molecular weight is 113 g/mol. The summed E-state index contributed by atoms with van der Waals surface area (Å²) in [7, 11) is 0. The summed E-state index contributed by atoms with van der Waals surface area (Å²) in [6.45, 7) is 0.123. The number of thiophene rings is 1. The van der Waals surface area contributed by atoms with E-state index in [1.54, 1.807) is 6.07 Å². The van der Waals surface area contributed by atoms with Crippen LogP contribution in [0.1, 0.15) is 4.88 Å². The summed E-state index contributed by atoms with van der Waals surface area (Å²) in [6.07, 6.45) is 0. The lowest BCUT2D eigenvalue weighted by atomic mass is 10.5. The minimum atomic E-state index is 0.123. The van der Waals surface area contributed by atoms with E-state index >= 15 is 0 Å². The third-order valence-corrected chi connectivity index (χ3v) is 1.47. The van der Waals surface area contributed by atoms with Crippen LogP contribution in [-0.4, -0.2) is 5.11 Å². The smallest absolute Gasteiger partial charge is 0.0780 e. The summed E-state index contributed by atoms with van der Waals surface area (Å²) in [5.74, 6) is 0. The van der Waals surface area contributed by atoms with Crippen LogP contribution in [0.5, 0.6) is 0 Å². The van der Waals surface area contributed by atoms with Gasteiger partial charge in [-0.05, 0) is 17.5 Å². The first-order chi connectivity index (χ1) is 3.43. The Morgan fingerprint density at radius 1 is 1.86 bits per heavy atom. The zero-order chi connectivity index (χ0) is 5.11. The third kappa shape index (κ3) is 1.01. The molecule has 0 unspecified atom stereocenters. The van der Waals surface area contributed by atoms with Crippen molar-refractivity contribution in [2.45, 2.75) is 6.61 Å². The van der Waals surface area contributed by atoms with Crippen LogP contribution in [0.2, 0.25) is 0 Å². The van der Waals surface area contributed by atoms with Crippen molar-refractivity contribution in [1.29, 1.82) is 0 Å². The minimum Gasteiger partial charge on any atom is -0.391 e. The van der Waals surface area contributed by atoms with Gasteiger partial charge >= 0.3 is 0 Å². The predicted octanol–water partition coefficient (Wildman–Crippen LogP) is 1.04. The normalized spacial score (nSPS) is 9.29. The van der Waals surface area contributed by atoms with E-state index in [0.29, 0.717) is 0 Å². The van der Waals surface area contributed by atoms with Crippen molar-refractivity contribution in [3.63, 3.8) is 0 Å². The monoisotopic (exact) mass is 113 g/mol. The van der Waals surface area contributed by atoms with E-state index in [4.69, 9.17) is 5.11 Å². The first-order valence-corrected chi connectivity index (χ1v) is 2.86. The van der Waals surface area contributed by atoms with Crippen molar-refractivity contribution in [3.05, 3.63) is 22.4 Å². The Hall–Kier alpha value is -0.340. The Balaban J connectivity index is 2.76. The van der Waals surface area contributed by atoms with Gasteiger partial charge in [0.2, 0.25) is 0 Å². The van der Waals surface area contributed by atoms with Gasteiger partial charge in [-0.1, -0.05) is 0 Å². The molecule has 1 aromatic rings. The molecule has 1 aromatic heterocycles.